The molecule has 0 saturated carbocycles. The molecule has 0 radical (unpaired) electrons. The number of imide groups is 1. The summed E-state index contributed by atoms with van der Waals surface area (Å²) in [6, 6.07) is 0. The molecule has 14 heavy (non-hydrogen) atoms. The Kier molecular flexibility index (Phi) is 3.22. The highest BCUT2D eigenvalue weighted by Gasteiger charge is 2.34. The van der Waals surface area contributed by atoms with E-state index in [0.717, 1.165) is 0 Å². The van der Waals surface area contributed by atoms with Crippen LogP contribution in [0.3, 0.4) is 0 Å². The average molecular weight is 198 g/mol. The van der Waals surface area contributed by atoms with Crippen LogP contribution in [0.15, 0.2) is 0 Å². The Hall–Kier alpha value is -1.39. The second-order valence-electron chi connectivity index (χ2n) is 3.47. The zero-order chi connectivity index (χ0) is 10.7. The smallest absolute Gasteiger partial charge is 0.232 e. The number of hydrogen-bond acceptors (Lipinski definition) is 3. The second-order valence-corrected chi connectivity index (χ2v) is 3.47. The summed E-state index contributed by atoms with van der Waals surface area (Å²) in [6.07, 6.45) is 0.291. The molecule has 0 aromatic carbocycles. The van der Waals surface area contributed by atoms with Crippen LogP contribution in [0.1, 0.15) is 20.3 Å². The molecule has 1 heterocycles. The lowest BCUT2D eigenvalue weighted by molar-refractivity contribution is -0.139. The fourth-order valence-electron chi connectivity index (χ4n) is 1.43. The molecule has 1 atom stereocenters. The van der Waals surface area contributed by atoms with Gasteiger partial charge in [0.2, 0.25) is 17.7 Å². The van der Waals surface area contributed by atoms with Crippen LogP contribution in [-0.2, 0) is 14.4 Å². The van der Waals surface area contributed by atoms with Crippen LogP contribution < -0.4 is 5.32 Å². The van der Waals surface area contributed by atoms with Crippen molar-refractivity contribution < 1.29 is 14.4 Å². The van der Waals surface area contributed by atoms with Gasteiger partial charge >= 0.3 is 0 Å². The minimum atomic E-state index is -0.208. The standard InChI is InChI=1S/C9H14N2O3/c1-6-5-8(13)11(9(6)14)4-3-10-7(2)12/h6H,3-5H2,1-2H3,(H,10,12). The van der Waals surface area contributed by atoms with Crippen LogP contribution in [0.2, 0.25) is 0 Å². The molecule has 1 N–H and O–H groups in total. The van der Waals surface area contributed by atoms with Crippen LogP contribution in [0, 0.1) is 5.92 Å². The fraction of sp³-hybridized carbons (Fsp3) is 0.667. The van der Waals surface area contributed by atoms with Gasteiger partial charge in [0.1, 0.15) is 0 Å². The predicted molar refractivity (Wildman–Crippen MR) is 49.2 cm³/mol. The van der Waals surface area contributed by atoms with Gasteiger partial charge in [0.05, 0.1) is 0 Å². The van der Waals surface area contributed by atoms with Gasteiger partial charge in [-0.15, -0.1) is 0 Å². The number of nitrogens with one attached hydrogen (secondary N) is 1. The molecule has 0 aliphatic carbocycles. The van der Waals surface area contributed by atoms with Gasteiger partial charge in [-0.05, 0) is 0 Å². The quantitative estimate of drug-likeness (QED) is 0.623. The van der Waals surface area contributed by atoms with Crippen molar-refractivity contribution in [3.8, 4) is 0 Å². The van der Waals surface area contributed by atoms with Gasteiger partial charge in [-0.25, -0.2) is 0 Å². The van der Waals surface area contributed by atoms with E-state index in [1.807, 2.05) is 0 Å². The van der Waals surface area contributed by atoms with Gasteiger partial charge in [-0.2, -0.15) is 0 Å². The van der Waals surface area contributed by atoms with Crippen molar-refractivity contribution in [2.45, 2.75) is 20.3 Å². The molecule has 1 aliphatic heterocycles. The topological polar surface area (TPSA) is 66.5 Å². The minimum absolute atomic E-state index is 0.139. The van der Waals surface area contributed by atoms with E-state index in [0.29, 0.717) is 13.0 Å². The Morgan fingerprint density at radius 1 is 1.57 bits per heavy atom. The van der Waals surface area contributed by atoms with E-state index >= 15 is 0 Å². The van der Waals surface area contributed by atoms with Gasteiger partial charge in [0.15, 0.2) is 0 Å². The molecule has 1 rings (SSSR count). The molecule has 3 amide bonds. The number of hydrogen-bond donors (Lipinski definition) is 1. The Morgan fingerprint density at radius 3 is 2.64 bits per heavy atom. The summed E-state index contributed by atoms with van der Waals surface area (Å²) in [7, 11) is 0. The van der Waals surface area contributed by atoms with E-state index in [2.05, 4.69) is 5.32 Å². The Labute approximate surface area is 82.4 Å². The molecular formula is C9H14N2O3. The molecule has 78 valence electrons. The van der Waals surface area contributed by atoms with Gasteiger partial charge < -0.3 is 5.32 Å². The van der Waals surface area contributed by atoms with Gasteiger partial charge in [-0.3, -0.25) is 19.3 Å². The Bertz CT molecular complexity index is 275. The maximum absolute atomic E-state index is 11.4. The van der Waals surface area contributed by atoms with E-state index in [4.69, 9.17) is 0 Å². The van der Waals surface area contributed by atoms with Crippen LogP contribution in [-0.4, -0.2) is 35.7 Å². The molecule has 0 bridgehead atoms. The van der Waals surface area contributed by atoms with Gasteiger partial charge in [0.25, 0.3) is 0 Å². The molecule has 5 nitrogen and oxygen atoms in total. The lowest BCUT2D eigenvalue weighted by atomic mass is 10.1. The number of nitrogens with zero attached hydrogens (tertiary/aromatic N) is 1. The van der Waals surface area contributed by atoms with Crippen LogP contribution in [0.5, 0.6) is 0 Å². The normalized spacial score (nSPS) is 21.6. The molecule has 5 heteroatoms. The summed E-state index contributed by atoms with van der Waals surface area (Å²) in [5.74, 6) is -0.648. The van der Waals surface area contributed by atoms with Crippen molar-refractivity contribution in [3.05, 3.63) is 0 Å². The van der Waals surface area contributed by atoms with E-state index in [1.54, 1.807) is 6.92 Å². The number of likely N-dealkylation sites (tertiary alicyclic amines) is 1. The van der Waals surface area contributed by atoms with Crippen molar-refractivity contribution in [1.29, 1.82) is 0 Å². The summed E-state index contributed by atoms with van der Waals surface area (Å²) in [5.41, 5.74) is 0. The monoisotopic (exact) mass is 198 g/mol. The first-order valence-electron chi connectivity index (χ1n) is 4.61. The van der Waals surface area contributed by atoms with E-state index in [9.17, 15) is 14.4 Å². The molecular weight excluding hydrogens is 184 g/mol. The number of carbonyl (C=O) groups excluding carboxylic acids is 3. The van der Waals surface area contributed by atoms with Crippen LogP contribution in [0.25, 0.3) is 0 Å². The van der Waals surface area contributed by atoms with Crippen molar-refractivity contribution in [3.63, 3.8) is 0 Å². The zero-order valence-corrected chi connectivity index (χ0v) is 8.37. The minimum Gasteiger partial charge on any atom is -0.355 e. The molecule has 1 unspecified atom stereocenters. The Morgan fingerprint density at radius 2 is 2.21 bits per heavy atom. The summed E-state index contributed by atoms with van der Waals surface area (Å²) >= 11 is 0. The maximum atomic E-state index is 11.4. The summed E-state index contributed by atoms with van der Waals surface area (Å²) in [5, 5.41) is 2.54. The first-order valence-corrected chi connectivity index (χ1v) is 4.61. The Balaban J connectivity index is 2.41. The lowest BCUT2D eigenvalue weighted by Crippen LogP contribution is -2.37. The van der Waals surface area contributed by atoms with E-state index in [-0.39, 0.29) is 30.2 Å². The maximum Gasteiger partial charge on any atom is 0.232 e. The van der Waals surface area contributed by atoms with Gasteiger partial charge in [-0.1, -0.05) is 6.92 Å². The molecule has 1 fully saturated rings. The predicted octanol–water partition coefficient (Wildman–Crippen LogP) is -0.483. The second kappa shape index (κ2) is 4.21. The van der Waals surface area contributed by atoms with E-state index in [1.165, 1.54) is 11.8 Å². The molecule has 1 aliphatic rings. The van der Waals surface area contributed by atoms with Crippen molar-refractivity contribution in [2.24, 2.45) is 5.92 Å². The molecule has 1 saturated heterocycles. The number of carbonyl (C=O) groups is 3. The van der Waals surface area contributed by atoms with Crippen molar-refractivity contribution in [1.82, 2.24) is 10.2 Å². The number of amides is 3. The largest absolute Gasteiger partial charge is 0.355 e. The summed E-state index contributed by atoms with van der Waals surface area (Å²) in [4.78, 5) is 34.4. The first-order chi connectivity index (χ1) is 6.52. The first kappa shape index (κ1) is 10.7. The highest BCUT2D eigenvalue weighted by atomic mass is 16.2. The van der Waals surface area contributed by atoms with Crippen molar-refractivity contribution in [2.75, 3.05) is 13.1 Å². The number of rotatable bonds is 3. The third-order valence-corrected chi connectivity index (χ3v) is 2.18. The van der Waals surface area contributed by atoms with E-state index < -0.39 is 0 Å². The molecule has 0 aromatic rings. The van der Waals surface area contributed by atoms with Crippen LogP contribution in [0.4, 0.5) is 0 Å². The van der Waals surface area contributed by atoms with Crippen molar-refractivity contribution >= 4 is 17.7 Å². The highest BCUT2D eigenvalue weighted by Crippen LogP contribution is 2.17. The van der Waals surface area contributed by atoms with Gasteiger partial charge in [0, 0.05) is 32.4 Å². The fourth-order valence-corrected chi connectivity index (χ4v) is 1.43. The highest BCUT2D eigenvalue weighted by molar-refractivity contribution is 6.03. The SMILES string of the molecule is CC(=O)NCCN1C(=O)CC(C)C1=O. The van der Waals surface area contributed by atoms with Crippen LogP contribution >= 0.6 is 0 Å². The third-order valence-electron chi connectivity index (χ3n) is 2.18. The summed E-state index contributed by atoms with van der Waals surface area (Å²) < 4.78 is 0. The lowest BCUT2D eigenvalue weighted by Gasteiger charge is -2.13. The molecule has 0 aromatic heterocycles. The summed E-state index contributed by atoms with van der Waals surface area (Å²) in [6.45, 7) is 3.75. The average Bonchev–Trinajstić information content (AvgIpc) is 2.31. The third kappa shape index (κ3) is 2.31. The zero-order valence-electron chi connectivity index (χ0n) is 8.37. The molecule has 0 spiro atoms.